The predicted molar refractivity (Wildman–Crippen MR) is 70.0 cm³/mol. The van der Waals surface area contributed by atoms with Crippen molar-refractivity contribution in [3.8, 4) is 0 Å². The quantitative estimate of drug-likeness (QED) is 0.657. The number of hydrogen-bond donors (Lipinski definition) is 1. The topological polar surface area (TPSA) is 52.6 Å². The molecule has 0 saturated heterocycles. The SMILES string of the molecule is CCOC(=O)c1ccc(S)c(CCC(=O)OC)c1. The molecule has 0 unspecified atom stereocenters. The van der Waals surface area contributed by atoms with E-state index in [9.17, 15) is 9.59 Å². The molecule has 0 aliphatic carbocycles. The molecule has 0 N–H and O–H groups in total. The first-order valence-electron chi connectivity index (χ1n) is 5.64. The predicted octanol–water partition coefficient (Wildman–Crippen LogP) is 2.26. The Hall–Kier alpha value is -1.49. The molecular weight excluding hydrogens is 252 g/mol. The number of rotatable bonds is 5. The van der Waals surface area contributed by atoms with E-state index in [4.69, 9.17) is 4.74 Å². The molecule has 1 rings (SSSR count). The van der Waals surface area contributed by atoms with Crippen molar-refractivity contribution in [1.82, 2.24) is 0 Å². The summed E-state index contributed by atoms with van der Waals surface area (Å²) in [5, 5.41) is 0. The molecule has 0 spiro atoms. The Kier molecular flexibility index (Phi) is 5.71. The summed E-state index contributed by atoms with van der Waals surface area (Å²) in [4.78, 5) is 23.4. The van der Waals surface area contributed by atoms with E-state index in [2.05, 4.69) is 17.4 Å². The van der Waals surface area contributed by atoms with E-state index in [-0.39, 0.29) is 18.4 Å². The van der Waals surface area contributed by atoms with Crippen molar-refractivity contribution in [2.75, 3.05) is 13.7 Å². The van der Waals surface area contributed by atoms with Gasteiger partial charge in [0.25, 0.3) is 0 Å². The summed E-state index contributed by atoms with van der Waals surface area (Å²) in [6, 6.07) is 5.08. The lowest BCUT2D eigenvalue weighted by Gasteiger charge is -2.07. The fraction of sp³-hybridized carbons (Fsp3) is 0.385. The number of ether oxygens (including phenoxy) is 2. The second-order valence-electron chi connectivity index (χ2n) is 3.64. The zero-order valence-electron chi connectivity index (χ0n) is 10.4. The highest BCUT2D eigenvalue weighted by Crippen LogP contribution is 2.18. The Morgan fingerprint density at radius 3 is 2.67 bits per heavy atom. The number of carbonyl (C=O) groups excluding carboxylic acids is 2. The third kappa shape index (κ3) is 4.07. The van der Waals surface area contributed by atoms with Crippen molar-refractivity contribution in [2.45, 2.75) is 24.7 Å². The monoisotopic (exact) mass is 268 g/mol. The van der Waals surface area contributed by atoms with Crippen LogP contribution in [-0.4, -0.2) is 25.7 Å². The number of esters is 2. The highest BCUT2D eigenvalue weighted by atomic mass is 32.1. The lowest BCUT2D eigenvalue weighted by molar-refractivity contribution is -0.140. The fourth-order valence-electron chi connectivity index (χ4n) is 1.47. The summed E-state index contributed by atoms with van der Waals surface area (Å²) in [5.74, 6) is -0.658. The van der Waals surface area contributed by atoms with E-state index >= 15 is 0 Å². The van der Waals surface area contributed by atoms with Gasteiger partial charge >= 0.3 is 11.9 Å². The number of methoxy groups -OCH3 is 1. The van der Waals surface area contributed by atoms with Crippen LogP contribution in [0.4, 0.5) is 0 Å². The van der Waals surface area contributed by atoms with E-state index < -0.39 is 0 Å². The highest BCUT2D eigenvalue weighted by molar-refractivity contribution is 7.80. The summed E-state index contributed by atoms with van der Waals surface area (Å²) >= 11 is 4.29. The molecule has 0 fully saturated rings. The first kappa shape index (κ1) is 14.6. The second-order valence-corrected chi connectivity index (χ2v) is 4.12. The maximum atomic E-state index is 11.6. The summed E-state index contributed by atoms with van der Waals surface area (Å²) in [7, 11) is 1.35. The van der Waals surface area contributed by atoms with Crippen molar-refractivity contribution < 1.29 is 19.1 Å². The molecule has 0 radical (unpaired) electrons. The third-order valence-electron chi connectivity index (χ3n) is 2.42. The summed E-state index contributed by atoms with van der Waals surface area (Å²) in [6.45, 7) is 2.09. The van der Waals surface area contributed by atoms with Gasteiger partial charge in [-0.05, 0) is 37.1 Å². The van der Waals surface area contributed by atoms with Crippen LogP contribution in [0.5, 0.6) is 0 Å². The van der Waals surface area contributed by atoms with Gasteiger partial charge < -0.3 is 9.47 Å². The fourth-order valence-corrected chi connectivity index (χ4v) is 1.72. The standard InChI is InChI=1S/C13H16O4S/c1-3-17-13(15)10-4-6-11(18)9(8-10)5-7-12(14)16-2/h4,6,8,18H,3,5,7H2,1-2H3. The molecule has 5 heteroatoms. The van der Waals surface area contributed by atoms with Gasteiger partial charge in [-0.25, -0.2) is 4.79 Å². The lowest BCUT2D eigenvalue weighted by atomic mass is 10.1. The first-order chi connectivity index (χ1) is 8.58. The Bertz CT molecular complexity index is 443. The maximum absolute atomic E-state index is 11.6. The Labute approximate surface area is 112 Å². The normalized spacial score (nSPS) is 9.94. The van der Waals surface area contributed by atoms with Gasteiger partial charge in [0.15, 0.2) is 0 Å². The van der Waals surface area contributed by atoms with E-state index in [1.54, 1.807) is 25.1 Å². The minimum atomic E-state index is -0.370. The second kappa shape index (κ2) is 7.06. The maximum Gasteiger partial charge on any atom is 0.338 e. The molecule has 0 aliphatic rings. The van der Waals surface area contributed by atoms with E-state index in [1.165, 1.54) is 7.11 Å². The largest absolute Gasteiger partial charge is 0.469 e. The Morgan fingerprint density at radius 1 is 1.33 bits per heavy atom. The molecule has 1 aromatic rings. The minimum absolute atomic E-state index is 0.260. The Morgan fingerprint density at radius 2 is 2.06 bits per heavy atom. The van der Waals surface area contributed by atoms with Gasteiger partial charge in [0.05, 0.1) is 19.3 Å². The highest BCUT2D eigenvalue weighted by Gasteiger charge is 2.10. The van der Waals surface area contributed by atoms with E-state index in [0.717, 1.165) is 10.5 Å². The number of thiol groups is 1. The molecule has 4 nitrogen and oxygen atoms in total. The van der Waals surface area contributed by atoms with Crippen LogP contribution in [-0.2, 0) is 20.7 Å². The van der Waals surface area contributed by atoms with Crippen LogP contribution >= 0.6 is 12.6 Å². The average Bonchev–Trinajstić information content (AvgIpc) is 2.37. The first-order valence-corrected chi connectivity index (χ1v) is 6.09. The van der Waals surface area contributed by atoms with Crippen LogP contribution < -0.4 is 0 Å². The van der Waals surface area contributed by atoms with Gasteiger partial charge in [0.2, 0.25) is 0 Å². The molecule has 0 saturated carbocycles. The summed E-state index contributed by atoms with van der Waals surface area (Å²) in [5.41, 5.74) is 1.30. The molecule has 18 heavy (non-hydrogen) atoms. The third-order valence-corrected chi connectivity index (χ3v) is 2.85. The van der Waals surface area contributed by atoms with Crippen LogP contribution in [0.1, 0.15) is 29.3 Å². The van der Waals surface area contributed by atoms with Gasteiger partial charge in [0.1, 0.15) is 0 Å². The van der Waals surface area contributed by atoms with Gasteiger partial charge in [-0.1, -0.05) is 0 Å². The van der Waals surface area contributed by atoms with Crippen molar-refractivity contribution >= 4 is 24.6 Å². The number of aryl methyl sites for hydroxylation is 1. The Balaban J connectivity index is 2.81. The van der Waals surface area contributed by atoms with Crippen LogP contribution in [0.2, 0.25) is 0 Å². The van der Waals surface area contributed by atoms with Gasteiger partial charge in [0, 0.05) is 11.3 Å². The molecule has 1 aromatic carbocycles. The molecule has 0 aliphatic heterocycles. The molecule has 0 atom stereocenters. The van der Waals surface area contributed by atoms with Gasteiger partial charge in [-0.2, -0.15) is 0 Å². The van der Waals surface area contributed by atoms with E-state index in [0.29, 0.717) is 18.6 Å². The van der Waals surface area contributed by atoms with Crippen molar-refractivity contribution in [1.29, 1.82) is 0 Å². The zero-order chi connectivity index (χ0) is 13.5. The van der Waals surface area contributed by atoms with Crippen LogP contribution in [0.15, 0.2) is 23.1 Å². The van der Waals surface area contributed by atoms with Crippen LogP contribution in [0.25, 0.3) is 0 Å². The van der Waals surface area contributed by atoms with Crippen molar-refractivity contribution in [3.05, 3.63) is 29.3 Å². The zero-order valence-corrected chi connectivity index (χ0v) is 11.3. The molecule has 0 heterocycles. The lowest BCUT2D eigenvalue weighted by Crippen LogP contribution is -2.06. The van der Waals surface area contributed by atoms with Crippen LogP contribution in [0.3, 0.4) is 0 Å². The molecule has 98 valence electrons. The summed E-state index contributed by atoms with van der Waals surface area (Å²) in [6.07, 6.45) is 0.745. The van der Waals surface area contributed by atoms with Gasteiger partial charge in [-0.15, -0.1) is 12.6 Å². The smallest absolute Gasteiger partial charge is 0.338 e. The minimum Gasteiger partial charge on any atom is -0.469 e. The number of hydrogen-bond acceptors (Lipinski definition) is 5. The summed E-state index contributed by atoms with van der Waals surface area (Å²) < 4.78 is 9.49. The van der Waals surface area contributed by atoms with Crippen LogP contribution in [0, 0.1) is 0 Å². The molecule has 0 aromatic heterocycles. The van der Waals surface area contributed by atoms with E-state index in [1.807, 2.05) is 0 Å². The number of carbonyl (C=O) groups is 2. The number of benzene rings is 1. The van der Waals surface area contributed by atoms with Crippen molar-refractivity contribution in [2.24, 2.45) is 0 Å². The molecule has 0 bridgehead atoms. The molecule has 0 amide bonds. The van der Waals surface area contributed by atoms with Gasteiger partial charge in [-0.3, -0.25) is 4.79 Å². The van der Waals surface area contributed by atoms with Crippen molar-refractivity contribution in [3.63, 3.8) is 0 Å². The average molecular weight is 268 g/mol. The molecular formula is C13H16O4S.